The number of carbonyl (C=O) groups excluding carboxylic acids is 1. The molecule has 7 heteroatoms. The van der Waals surface area contributed by atoms with E-state index in [0.717, 1.165) is 5.56 Å². The minimum Gasteiger partial charge on any atom is -0.444 e. The Balaban J connectivity index is 2.63. The van der Waals surface area contributed by atoms with Gasteiger partial charge in [-0.1, -0.05) is 24.3 Å². The van der Waals surface area contributed by atoms with Crippen LogP contribution >= 0.6 is 0 Å². The molecule has 3 N–H and O–H groups in total. The molecule has 0 unspecified atom stereocenters. The highest BCUT2D eigenvalue weighted by atomic mass is 16.6. The van der Waals surface area contributed by atoms with Gasteiger partial charge in [-0.05, 0) is 59.5 Å². The Bertz CT molecular complexity index is 573. The van der Waals surface area contributed by atoms with Crippen LogP contribution in [-0.2, 0) is 15.9 Å². The highest BCUT2D eigenvalue weighted by Gasteiger charge is 2.39. The molecule has 0 aliphatic rings. The summed E-state index contributed by atoms with van der Waals surface area (Å²) in [6.45, 7) is 12.4. The summed E-state index contributed by atoms with van der Waals surface area (Å²) in [6, 6.07) is 7.02. The lowest BCUT2D eigenvalue weighted by Crippen LogP contribution is -2.53. The molecule has 0 aromatic heterocycles. The van der Waals surface area contributed by atoms with E-state index in [0.29, 0.717) is 12.0 Å². The summed E-state index contributed by atoms with van der Waals surface area (Å²) in [4.78, 5) is 11.6. The van der Waals surface area contributed by atoms with Crippen LogP contribution in [0.5, 0.6) is 0 Å². The summed E-state index contributed by atoms with van der Waals surface area (Å²) in [7, 11) is -1.16. The summed E-state index contributed by atoms with van der Waals surface area (Å²) < 4.78 is 10.8. The van der Waals surface area contributed by atoms with Crippen LogP contribution in [0.15, 0.2) is 24.3 Å². The lowest BCUT2D eigenvalue weighted by atomic mass is 9.76. The number of hydrogen-bond acceptors (Lipinski definition) is 5. The molecule has 0 saturated heterocycles. The number of hydrogen-bond donors (Lipinski definition) is 3. The maximum absolute atomic E-state index is 11.6. The standard InChI is InChI=1S/C18H30BNO5/c1-16(2,3)24-15(21)20-12-13-8-10-14(11-9-13)19(23)25-18(6,7)17(4,5)22/h8-11,22-23H,12H2,1-7H3,(H,20,21). The van der Waals surface area contributed by atoms with Crippen molar-refractivity contribution >= 4 is 18.7 Å². The van der Waals surface area contributed by atoms with Crippen LogP contribution in [0.3, 0.4) is 0 Å². The molecule has 0 aliphatic carbocycles. The number of alkyl carbamates (subject to hydrolysis) is 1. The van der Waals surface area contributed by atoms with E-state index in [9.17, 15) is 14.9 Å². The lowest BCUT2D eigenvalue weighted by molar-refractivity contribution is -0.0982. The van der Waals surface area contributed by atoms with Crippen LogP contribution in [0.4, 0.5) is 4.79 Å². The van der Waals surface area contributed by atoms with Crippen LogP contribution in [0.1, 0.15) is 54.0 Å². The van der Waals surface area contributed by atoms with Crippen LogP contribution in [0.25, 0.3) is 0 Å². The van der Waals surface area contributed by atoms with Crippen molar-refractivity contribution in [3.05, 3.63) is 29.8 Å². The Morgan fingerprint density at radius 3 is 2.04 bits per heavy atom. The Morgan fingerprint density at radius 2 is 1.60 bits per heavy atom. The SMILES string of the molecule is CC(C)(C)OC(=O)NCc1ccc(B(O)OC(C)(C)C(C)(C)O)cc1. The van der Waals surface area contributed by atoms with Gasteiger partial charge in [0, 0.05) is 6.54 Å². The second-order valence-corrected chi connectivity index (χ2v) is 8.14. The first-order chi connectivity index (χ1) is 11.2. The fraction of sp³-hybridized carbons (Fsp3) is 0.611. The maximum Gasteiger partial charge on any atom is 0.491 e. The van der Waals surface area contributed by atoms with Gasteiger partial charge in [-0.3, -0.25) is 0 Å². The maximum atomic E-state index is 11.6. The Morgan fingerprint density at radius 1 is 1.08 bits per heavy atom. The topological polar surface area (TPSA) is 88.0 Å². The van der Waals surface area contributed by atoms with Crippen molar-refractivity contribution in [2.75, 3.05) is 0 Å². The summed E-state index contributed by atoms with van der Waals surface area (Å²) in [5.74, 6) is 0. The van der Waals surface area contributed by atoms with Gasteiger partial charge in [-0.2, -0.15) is 0 Å². The summed E-state index contributed by atoms with van der Waals surface area (Å²) in [6.07, 6.45) is -0.480. The fourth-order valence-electron chi connectivity index (χ4n) is 1.78. The first kappa shape index (κ1) is 21.5. The summed E-state index contributed by atoms with van der Waals surface area (Å²) in [5, 5.41) is 23.0. The van der Waals surface area contributed by atoms with Crippen molar-refractivity contribution in [2.45, 2.75) is 71.8 Å². The van der Waals surface area contributed by atoms with Crippen LogP contribution in [0, 0.1) is 0 Å². The molecule has 1 aromatic carbocycles. The Kier molecular flexibility index (Phi) is 6.67. The number of nitrogens with one attached hydrogen (secondary N) is 1. The first-order valence-corrected chi connectivity index (χ1v) is 8.35. The average Bonchev–Trinajstić information content (AvgIpc) is 2.42. The molecule has 0 saturated carbocycles. The van der Waals surface area contributed by atoms with Gasteiger partial charge in [0.25, 0.3) is 0 Å². The molecule has 25 heavy (non-hydrogen) atoms. The summed E-state index contributed by atoms with van der Waals surface area (Å²) >= 11 is 0. The van der Waals surface area contributed by atoms with Gasteiger partial charge in [-0.15, -0.1) is 0 Å². The molecule has 0 bridgehead atoms. The van der Waals surface area contributed by atoms with E-state index in [1.54, 1.807) is 72.7 Å². The Hall–Kier alpha value is -1.57. The number of amides is 1. The molecule has 0 aliphatic heterocycles. The zero-order valence-electron chi connectivity index (χ0n) is 16.2. The third kappa shape index (κ3) is 7.06. The third-order valence-corrected chi connectivity index (χ3v) is 3.98. The largest absolute Gasteiger partial charge is 0.491 e. The minimum atomic E-state index is -1.16. The number of carbonyl (C=O) groups is 1. The van der Waals surface area contributed by atoms with E-state index in [2.05, 4.69) is 5.32 Å². The first-order valence-electron chi connectivity index (χ1n) is 8.35. The molecule has 1 amide bonds. The van der Waals surface area contributed by atoms with Crippen molar-refractivity contribution in [3.8, 4) is 0 Å². The number of benzene rings is 1. The Labute approximate surface area is 150 Å². The van der Waals surface area contributed by atoms with Crippen molar-refractivity contribution in [2.24, 2.45) is 0 Å². The molecule has 6 nitrogen and oxygen atoms in total. The minimum absolute atomic E-state index is 0.321. The number of rotatable bonds is 6. The number of aliphatic hydroxyl groups is 1. The second kappa shape index (κ2) is 7.76. The monoisotopic (exact) mass is 351 g/mol. The molecule has 140 valence electrons. The molecule has 0 heterocycles. The molecular weight excluding hydrogens is 321 g/mol. The van der Waals surface area contributed by atoms with Crippen molar-refractivity contribution in [1.29, 1.82) is 0 Å². The highest BCUT2D eigenvalue weighted by molar-refractivity contribution is 6.60. The van der Waals surface area contributed by atoms with Crippen molar-refractivity contribution < 1.29 is 24.3 Å². The van der Waals surface area contributed by atoms with Crippen LogP contribution < -0.4 is 10.8 Å². The van der Waals surface area contributed by atoms with Crippen molar-refractivity contribution in [1.82, 2.24) is 5.32 Å². The van der Waals surface area contributed by atoms with Gasteiger partial charge in [0.05, 0.1) is 11.2 Å². The molecule has 1 aromatic rings. The molecular formula is C18H30BNO5. The highest BCUT2D eigenvalue weighted by Crippen LogP contribution is 2.25. The normalized spacial score (nSPS) is 12.7. The van der Waals surface area contributed by atoms with E-state index in [-0.39, 0.29) is 0 Å². The second-order valence-electron chi connectivity index (χ2n) is 8.14. The van der Waals surface area contributed by atoms with Gasteiger partial charge in [0.2, 0.25) is 0 Å². The van der Waals surface area contributed by atoms with Crippen LogP contribution in [0.2, 0.25) is 0 Å². The predicted molar refractivity (Wildman–Crippen MR) is 98.6 cm³/mol. The quantitative estimate of drug-likeness (QED) is 0.682. The smallest absolute Gasteiger partial charge is 0.444 e. The van der Waals surface area contributed by atoms with E-state index in [4.69, 9.17) is 9.39 Å². The van der Waals surface area contributed by atoms with E-state index in [1.165, 1.54) is 0 Å². The average molecular weight is 351 g/mol. The molecule has 0 atom stereocenters. The van der Waals surface area contributed by atoms with Crippen molar-refractivity contribution in [3.63, 3.8) is 0 Å². The van der Waals surface area contributed by atoms with Gasteiger partial charge in [-0.25, -0.2) is 4.79 Å². The van der Waals surface area contributed by atoms with E-state index in [1.807, 2.05) is 0 Å². The molecule has 1 rings (SSSR count). The molecule has 0 spiro atoms. The predicted octanol–water partition coefficient (Wildman–Crippen LogP) is 1.96. The van der Waals surface area contributed by atoms with Gasteiger partial charge in [0.15, 0.2) is 0 Å². The zero-order chi connectivity index (χ0) is 19.5. The fourth-order valence-corrected chi connectivity index (χ4v) is 1.78. The molecule has 0 radical (unpaired) electrons. The van der Waals surface area contributed by atoms with E-state index >= 15 is 0 Å². The third-order valence-electron chi connectivity index (χ3n) is 3.98. The van der Waals surface area contributed by atoms with E-state index < -0.39 is 30.0 Å². The van der Waals surface area contributed by atoms with Gasteiger partial charge >= 0.3 is 13.2 Å². The number of ether oxygens (including phenoxy) is 1. The summed E-state index contributed by atoms with van der Waals surface area (Å²) in [5.41, 5.74) is -1.14. The van der Waals surface area contributed by atoms with Gasteiger partial charge in [0.1, 0.15) is 5.60 Å². The zero-order valence-corrected chi connectivity index (χ0v) is 16.2. The molecule has 0 fully saturated rings. The lowest BCUT2D eigenvalue weighted by Gasteiger charge is -2.38. The van der Waals surface area contributed by atoms with Gasteiger partial charge < -0.3 is 24.8 Å². The van der Waals surface area contributed by atoms with Crippen LogP contribution in [-0.4, -0.2) is 40.1 Å².